The molecule has 0 radical (unpaired) electrons. The Morgan fingerprint density at radius 2 is 2.06 bits per heavy atom. The minimum Gasteiger partial charge on any atom is -0.481 e. The van der Waals surface area contributed by atoms with Crippen LogP contribution in [0.25, 0.3) is 0 Å². The Labute approximate surface area is 95.8 Å². The van der Waals surface area contributed by atoms with Crippen molar-refractivity contribution in [3.05, 3.63) is 0 Å². The van der Waals surface area contributed by atoms with Crippen molar-refractivity contribution in [3.8, 4) is 0 Å². The second-order valence-corrected chi connectivity index (χ2v) is 4.38. The lowest BCUT2D eigenvalue weighted by molar-refractivity contribution is -0.144. The van der Waals surface area contributed by atoms with Crippen LogP contribution < -0.4 is 5.32 Å². The second-order valence-electron chi connectivity index (χ2n) is 4.38. The molecule has 1 aliphatic heterocycles. The lowest BCUT2D eigenvalue weighted by atomic mass is 10.0. The van der Waals surface area contributed by atoms with E-state index in [1.54, 1.807) is 14.0 Å². The van der Waals surface area contributed by atoms with E-state index in [1.165, 1.54) is 0 Å². The summed E-state index contributed by atoms with van der Waals surface area (Å²) in [6.07, 6.45) is 1.77. The van der Waals surface area contributed by atoms with Crippen molar-refractivity contribution in [2.45, 2.75) is 38.8 Å². The zero-order valence-electron chi connectivity index (χ0n) is 10.1. The smallest absolute Gasteiger partial charge is 0.307 e. The lowest BCUT2D eigenvalue weighted by Gasteiger charge is -2.31. The van der Waals surface area contributed by atoms with E-state index in [9.17, 15) is 9.59 Å². The van der Waals surface area contributed by atoms with Gasteiger partial charge in [0.1, 0.15) is 0 Å². The quantitative estimate of drug-likeness (QED) is 0.726. The van der Waals surface area contributed by atoms with Gasteiger partial charge in [-0.3, -0.25) is 14.5 Å². The molecule has 0 bridgehead atoms. The van der Waals surface area contributed by atoms with Gasteiger partial charge in [-0.05, 0) is 26.3 Å². The maximum Gasteiger partial charge on any atom is 0.307 e. The predicted molar refractivity (Wildman–Crippen MR) is 60.1 cm³/mol. The molecule has 1 heterocycles. The number of carboxylic acids is 1. The van der Waals surface area contributed by atoms with E-state index < -0.39 is 11.9 Å². The number of rotatable bonds is 4. The number of carboxylic acid groups (broad SMARTS) is 1. The van der Waals surface area contributed by atoms with Gasteiger partial charge in [-0.2, -0.15) is 0 Å². The standard InChI is InChI=1S/C11H20N2O3/c1-7(11(15)16)8(2)13-6-4-5-9(13)10(14)12-3/h7-9H,4-6H2,1-3H3,(H,12,14)(H,15,16). The highest BCUT2D eigenvalue weighted by molar-refractivity contribution is 5.82. The van der Waals surface area contributed by atoms with Gasteiger partial charge >= 0.3 is 5.97 Å². The minimum atomic E-state index is -0.810. The Bertz CT molecular complexity index is 280. The fraction of sp³-hybridized carbons (Fsp3) is 0.818. The highest BCUT2D eigenvalue weighted by Crippen LogP contribution is 2.23. The van der Waals surface area contributed by atoms with E-state index in [0.717, 1.165) is 19.4 Å². The van der Waals surface area contributed by atoms with Gasteiger partial charge in [0, 0.05) is 13.1 Å². The van der Waals surface area contributed by atoms with Gasteiger partial charge in [-0.25, -0.2) is 0 Å². The van der Waals surface area contributed by atoms with Gasteiger partial charge in [0.05, 0.1) is 12.0 Å². The zero-order valence-corrected chi connectivity index (χ0v) is 10.1. The van der Waals surface area contributed by atoms with Crippen LogP contribution in [0.1, 0.15) is 26.7 Å². The summed E-state index contributed by atoms with van der Waals surface area (Å²) in [5, 5.41) is 11.6. The van der Waals surface area contributed by atoms with Gasteiger partial charge in [0.25, 0.3) is 0 Å². The normalized spacial score (nSPS) is 25.1. The molecule has 1 aliphatic rings. The first kappa shape index (κ1) is 13.0. The number of nitrogens with one attached hydrogen (secondary N) is 1. The zero-order chi connectivity index (χ0) is 12.3. The van der Waals surface area contributed by atoms with Crippen LogP contribution in [0, 0.1) is 5.92 Å². The number of nitrogens with zero attached hydrogens (tertiary/aromatic N) is 1. The SMILES string of the molecule is CNC(=O)C1CCCN1C(C)C(C)C(=O)O. The number of likely N-dealkylation sites (tertiary alicyclic amines) is 1. The lowest BCUT2D eigenvalue weighted by Crippen LogP contribution is -2.49. The first-order chi connectivity index (χ1) is 7.49. The van der Waals surface area contributed by atoms with Crippen molar-refractivity contribution in [3.63, 3.8) is 0 Å². The van der Waals surface area contributed by atoms with Crippen LogP contribution in [0.2, 0.25) is 0 Å². The highest BCUT2D eigenvalue weighted by atomic mass is 16.4. The number of hydrogen-bond acceptors (Lipinski definition) is 3. The number of hydrogen-bond donors (Lipinski definition) is 2. The van der Waals surface area contributed by atoms with Gasteiger partial charge in [0.2, 0.25) is 5.91 Å². The Morgan fingerprint density at radius 1 is 1.44 bits per heavy atom. The Hall–Kier alpha value is -1.10. The number of amides is 1. The summed E-state index contributed by atoms with van der Waals surface area (Å²) in [5.41, 5.74) is 0. The summed E-state index contributed by atoms with van der Waals surface area (Å²) in [6.45, 7) is 4.36. The van der Waals surface area contributed by atoms with Gasteiger partial charge < -0.3 is 10.4 Å². The van der Waals surface area contributed by atoms with Gasteiger partial charge in [0.15, 0.2) is 0 Å². The highest BCUT2D eigenvalue weighted by Gasteiger charge is 2.36. The van der Waals surface area contributed by atoms with Crippen molar-refractivity contribution in [1.82, 2.24) is 10.2 Å². The van der Waals surface area contributed by atoms with E-state index in [0.29, 0.717) is 0 Å². The molecule has 0 spiro atoms. The van der Waals surface area contributed by atoms with E-state index in [2.05, 4.69) is 5.32 Å². The molecule has 0 aromatic carbocycles. The Kier molecular flexibility index (Phi) is 4.29. The maximum atomic E-state index is 11.6. The maximum absolute atomic E-state index is 11.6. The van der Waals surface area contributed by atoms with Crippen LogP contribution >= 0.6 is 0 Å². The molecule has 1 rings (SSSR count). The van der Waals surface area contributed by atoms with Crippen molar-refractivity contribution >= 4 is 11.9 Å². The third-order valence-electron chi connectivity index (χ3n) is 3.48. The largest absolute Gasteiger partial charge is 0.481 e. The van der Waals surface area contributed by atoms with Crippen molar-refractivity contribution in [2.24, 2.45) is 5.92 Å². The molecule has 1 saturated heterocycles. The van der Waals surface area contributed by atoms with Crippen LogP contribution in [-0.2, 0) is 9.59 Å². The van der Waals surface area contributed by atoms with E-state index in [4.69, 9.17) is 5.11 Å². The second kappa shape index (κ2) is 5.30. The molecule has 0 aromatic heterocycles. The number of likely N-dealkylation sites (N-methyl/N-ethyl adjacent to an activating group) is 1. The third kappa shape index (κ3) is 2.52. The van der Waals surface area contributed by atoms with Crippen LogP contribution in [0.4, 0.5) is 0 Å². The number of carbonyl (C=O) groups excluding carboxylic acids is 1. The minimum absolute atomic E-state index is 0.0121. The van der Waals surface area contributed by atoms with Crippen molar-refractivity contribution in [1.29, 1.82) is 0 Å². The average Bonchev–Trinajstić information content (AvgIpc) is 2.74. The number of aliphatic carboxylic acids is 1. The number of carbonyl (C=O) groups is 2. The van der Waals surface area contributed by atoms with Crippen molar-refractivity contribution in [2.75, 3.05) is 13.6 Å². The van der Waals surface area contributed by atoms with Gasteiger partial charge in [-0.15, -0.1) is 0 Å². The fourth-order valence-corrected chi connectivity index (χ4v) is 2.22. The summed E-state index contributed by atoms with van der Waals surface area (Å²) in [4.78, 5) is 24.5. The molecule has 16 heavy (non-hydrogen) atoms. The third-order valence-corrected chi connectivity index (χ3v) is 3.48. The van der Waals surface area contributed by atoms with E-state index in [-0.39, 0.29) is 18.0 Å². The van der Waals surface area contributed by atoms with Crippen molar-refractivity contribution < 1.29 is 14.7 Å². The topological polar surface area (TPSA) is 69.6 Å². The molecule has 1 amide bonds. The molecule has 5 heteroatoms. The summed E-state index contributed by atoms with van der Waals surface area (Å²) in [7, 11) is 1.62. The molecule has 0 saturated carbocycles. The molecule has 2 N–H and O–H groups in total. The molecular formula is C11H20N2O3. The molecule has 1 fully saturated rings. The Morgan fingerprint density at radius 3 is 2.56 bits per heavy atom. The first-order valence-electron chi connectivity index (χ1n) is 5.69. The molecule has 3 atom stereocenters. The molecule has 3 unspecified atom stereocenters. The van der Waals surface area contributed by atoms with Crippen LogP contribution in [0.3, 0.4) is 0 Å². The molecule has 92 valence electrons. The van der Waals surface area contributed by atoms with Crippen LogP contribution in [-0.4, -0.2) is 47.6 Å². The molecule has 0 aliphatic carbocycles. The average molecular weight is 228 g/mol. The Balaban J connectivity index is 2.71. The summed E-state index contributed by atoms with van der Waals surface area (Å²) < 4.78 is 0. The fourth-order valence-electron chi connectivity index (χ4n) is 2.22. The summed E-state index contributed by atoms with van der Waals surface area (Å²) >= 11 is 0. The van der Waals surface area contributed by atoms with E-state index >= 15 is 0 Å². The predicted octanol–water partition coefficient (Wildman–Crippen LogP) is 0.306. The monoisotopic (exact) mass is 228 g/mol. The van der Waals surface area contributed by atoms with E-state index in [1.807, 2.05) is 11.8 Å². The van der Waals surface area contributed by atoms with Gasteiger partial charge in [-0.1, -0.05) is 6.92 Å². The summed E-state index contributed by atoms with van der Waals surface area (Å²) in [5.74, 6) is -1.28. The summed E-state index contributed by atoms with van der Waals surface area (Å²) in [6, 6.07) is -0.274. The van der Waals surface area contributed by atoms with Crippen LogP contribution in [0.5, 0.6) is 0 Å². The molecular weight excluding hydrogens is 208 g/mol. The molecule has 0 aromatic rings. The first-order valence-corrected chi connectivity index (χ1v) is 5.69. The van der Waals surface area contributed by atoms with Crippen LogP contribution in [0.15, 0.2) is 0 Å². The molecule has 5 nitrogen and oxygen atoms in total.